The van der Waals surface area contributed by atoms with Crippen LogP contribution in [0.25, 0.3) is 0 Å². The number of carboxylic acids is 1. The molecule has 0 bridgehead atoms. The lowest BCUT2D eigenvalue weighted by Crippen LogP contribution is -2.61. The fourth-order valence-corrected chi connectivity index (χ4v) is 5.30. The third-order valence-corrected chi connectivity index (χ3v) is 8.11. The summed E-state index contributed by atoms with van der Waals surface area (Å²) in [5.41, 5.74) is 0.714. The minimum Gasteiger partial charge on any atom is -0.497 e. The maximum atomic E-state index is 13.7. The van der Waals surface area contributed by atoms with Gasteiger partial charge in [0.2, 0.25) is 11.8 Å². The van der Waals surface area contributed by atoms with Gasteiger partial charge in [-0.15, -0.1) is 11.8 Å². The molecule has 0 saturated heterocycles. The topological polar surface area (TPSA) is 108 Å². The lowest BCUT2D eigenvalue weighted by Gasteiger charge is -2.39. The van der Waals surface area contributed by atoms with Gasteiger partial charge in [0.05, 0.1) is 13.2 Å². The van der Waals surface area contributed by atoms with Crippen molar-refractivity contribution in [1.29, 1.82) is 0 Å². The van der Waals surface area contributed by atoms with E-state index >= 15 is 0 Å². The van der Waals surface area contributed by atoms with Crippen LogP contribution in [0.5, 0.6) is 5.75 Å². The third kappa shape index (κ3) is 9.34. The maximum absolute atomic E-state index is 13.7. The Labute approximate surface area is 233 Å². The van der Waals surface area contributed by atoms with Crippen LogP contribution in [-0.4, -0.2) is 71.9 Å². The Morgan fingerprint density at radius 1 is 1.08 bits per heavy atom. The number of aliphatic carboxylic acids is 1. The second-order valence-electron chi connectivity index (χ2n) is 11.6. The van der Waals surface area contributed by atoms with Gasteiger partial charge in [0.1, 0.15) is 17.8 Å². The molecular weight excluding hydrogens is 502 g/mol. The van der Waals surface area contributed by atoms with Crippen molar-refractivity contribution in [2.45, 2.75) is 84.0 Å². The summed E-state index contributed by atoms with van der Waals surface area (Å²) >= 11 is 1.65. The van der Waals surface area contributed by atoms with E-state index < -0.39 is 34.3 Å². The molecule has 0 unspecified atom stereocenters. The van der Waals surface area contributed by atoms with Crippen LogP contribution in [0, 0.1) is 11.3 Å². The molecule has 214 valence electrons. The highest BCUT2D eigenvalue weighted by Crippen LogP contribution is 2.32. The summed E-state index contributed by atoms with van der Waals surface area (Å²) in [6, 6.07) is 6.04. The maximum Gasteiger partial charge on any atom is 0.331 e. The van der Waals surface area contributed by atoms with Gasteiger partial charge >= 0.3 is 5.97 Å². The largest absolute Gasteiger partial charge is 0.497 e. The average molecular weight is 550 g/mol. The van der Waals surface area contributed by atoms with E-state index in [4.69, 9.17) is 4.74 Å². The van der Waals surface area contributed by atoms with Gasteiger partial charge in [-0.2, -0.15) is 0 Å². The molecule has 0 spiro atoms. The van der Waals surface area contributed by atoms with E-state index in [1.165, 1.54) is 6.92 Å². The Balaban J connectivity index is 3.14. The van der Waals surface area contributed by atoms with Crippen molar-refractivity contribution in [2.75, 3.05) is 21.2 Å². The molecule has 0 radical (unpaired) electrons. The molecule has 8 nitrogen and oxygen atoms in total. The number of hydrogen-bond donors (Lipinski definition) is 3. The Morgan fingerprint density at radius 3 is 2.05 bits per heavy atom. The number of likely N-dealkylation sites (N-methyl/N-ethyl adjacent to an activating group) is 2. The molecule has 38 heavy (non-hydrogen) atoms. The van der Waals surface area contributed by atoms with Crippen molar-refractivity contribution in [3.63, 3.8) is 0 Å². The standard InChI is InChI=1S/C29H47N3O5S/c1-18(2)22(16-19(3)27(35)36)32(10)26(34)24(28(4,5)6)31-25(33)23(30-9)29(7,8)38-17-20-12-14-21(37-11)15-13-20/h12-16,18,22-24,30H,17H2,1-11H3,(H,31,33)(H,35,36)/b19-16+/t22-,23-,24-/m1/s1. The number of carboxylic acid groups (broad SMARTS) is 1. The molecule has 1 rings (SSSR count). The van der Waals surface area contributed by atoms with Crippen LogP contribution < -0.4 is 15.4 Å². The molecule has 9 heteroatoms. The number of nitrogens with one attached hydrogen (secondary N) is 2. The highest BCUT2D eigenvalue weighted by atomic mass is 32.2. The summed E-state index contributed by atoms with van der Waals surface area (Å²) in [5.74, 6) is -0.0756. The molecule has 0 saturated carbocycles. The summed E-state index contributed by atoms with van der Waals surface area (Å²) in [6.07, 6.45) is 1.60. The lowest BCUT2D eigenvalue weighted by molar-refractivity contribution is -0.140. The molecule has 0 aliphatic carbocycles. The first kappa shape index (κ1) is 33.5. The highest BCUT2D eigenvalue weighted by molar-refractivity contribution is 7.99. The van der Waals surface area contributed by atoms with Crippen molar-refractivity contribution < 1.29 is 24.2 Å². The molecule has 3 N–H and O–H groups in total. The van der Waals surface area contributed by atoms with E-state index in [0.29, 0.717) is 5.75 Å². The van der Waals surface area contributed by atoms with Crippen LogP contribution in [0.3, 0.4) is 0 Å². The number of benzene rings is 1. The number of rotatable bonds is 13. The molecule has 0 aromatic heterocycles. The number of amides is 2. The predicted molar refractivity (Wildman–Crippen MR) is 155 cm³/mol. The number of ether oxygens (including phenoxy) is 1. The van der Waals surface area contributed by atoms with Crippen LogP contribution in [-0.2, 0) is 20.1 Å². The van der Waals surface area contributed by atoms with Gasteiger partial charge in [-0.05, 0) is 56.8 Å². The van der Waals surface area contributed by atoms with Gasteiger partial charge in [-0.1, -0.05) is 52.8 Å². The number of methoxy groups -OCH3 is 1. The molecule has 0 heterocycles. The zero-order chi connectivity index (χ0) is 29.4. The number of carbonyl (C=O) groups is 3. The monoisotopic (exact) mass is 549 g/mol. The van der Waals surface area contributed by atoms with Gasteiger partial charge < -0.3 is 25.4 Å². The number of thioether (sulfide) groups is 1. The summed E-state index contributed by atoms with van der Waals surface area (Å²) in [5, 5.41) is 15.5. The van der Waals surface area contributed by atoms with Crippen molar-refractivity contribution >= 4 is 29.5 Å². The second kappa shape index (κ2) is 14.0. The van der Waals surface area contributed by atoms with E-state index in [-0.39, 0.29) is 23.3 Å². The van der Waals surface area contributed by atoms with Crippen molar-refractivity contribution in [1.82, 2.24) is 15.5 Å². The van der Waals surface area contributed by atoms with Crippen LogP contribution in [0.15, 0.2) is 35.9 Å². The van der Waals surface area contributed by atoms with Crippen molar-refractivity contribution in [3.05, 3.63) is 41.5 Å². The summed E-state index contributed by atoms with van der Waals surface area (Å²) in [7, 11) is 5.04. The molecule has 2 amide bonds. The smallest absolute Gasteiger partial charge is 0.331 e. The summed E-state index contributed by atoms with van der Waals surface area (Å²) in [6.45, 7) is 15.1. The van der Waals surface area contributed by atoms with Crippen molar-refractivity contribution in [3.8, 4) is 5.75 Å². The molecule has 0 aliphatic heterocycles. The van der Waals surface area contributed by atoms with E-state index in [0.717, 1.165) is 11.3 Å². The quantitative estimate of drug-likeness (QED) is 0.314. The fourth-order valence-electron chi connectivity index (χ4n) is 4.17. The molecule has 1 aromatic carbocycles. The number of nitrogens with zero attached hydrogens (tertiary/aromatic N) is 1. The Kier molecular flexibility index (Phi) is 12.4. The first-order valence-electron chi connectivity index (χ1n) is 12.9. The molecular formula is C29H47N3O5S. The zero-order valence-electron chi connectivity index (χ0n) is 24.8. The minimum atomic E-state index is -1.02. The number of hydrogen-bond acceptors (Lipinski definition) is 6. The molecule has 0 fully saturated rings. The average Bonchev–Trinajstić information content (AvgIpc) is 2.83. The zero-order valence-corrected chi connectivity index (χ0v) is 25.7. The third-order valence-electron chi connectivity index (χ3n) is 6.65. The van der Waals surface area contributed by atoms with Gasteiger partial charge in [0.15, 0.2) is 0 Å². The lowest BCUT2D eigenvalue weighted by atomic mass is 9.84. The normalized spacial score (nSPS) is 15.0. The van der Waals surface area contributed by atoms with Crippen molar-refractivity contribution in [2.24, 2.45) is 11.3 Å². The number of carbonyl (C=O) groups excluding carboxylic acids is 2. The van der Waals surface area contributed by atoms with E-state index in [1.54, 1.807) is 43.9 Å². The van der Waals surface area contributed by atoms with Gasteiger partial charge in [-0.3, -0.25) is 9.59 Å². The fraction of sp³-hybridized carbons (Fsp3) is 0.621. The van der Waals surface area contributed by atoms with Crippen LogP contribution in [0.4, 0.5) is 0 Å². The van der Waals surface area contributed by atoms with E-state index in [2.05, 4.69) is 10.6 Å². The Morgan fingerprint density at radius 2 is 1.63 bits per heavy atom. The first-order valence-corrected chi connectivity index (χ1v) is 13.9. The first-order chi connectivity index (χ1) is 17.5. The van der Waals surface area contributed by atoms with Gasteiger partial charge in [0.25, 0.3) is 0 Å². The van der Waals surface area contributed by atoms with Gasteiger partial charge in [-0.25, -0.2) is 4.79 Å². The summed E-state index contributed by atoms with van der Waals surface area (Å²) < 4.78 is 4.74. The Bertz CT molecular complexity index is 983. The Hall–Kier alpha value is -2.52. The van der Waals surface area contributed by atoms with Crippen LogP contribution in [0.2, 0.25) is 0 Å². The summed E-state index contributed by atoms with van der Waals surface area (Å²) in [4.78, 5) is 40.3. The van der Waals surface area contributed by atoms with Crippen LogP contribution >= 0.6 is 11.8 Å². The molecule has 1 aromatic rings. The van der Waals surface area contributed by atoms with Crippen LogP contribution in [0.1, 0.15) is 61.0 Å². The second-order valence-corrected chi connectivity index (χ2v) is 13.2. The SMILES string of the molecule is CN[C@H](C(=O)N[C@H](C(=O)N(C)[C@H](/C=C(\C)C(=O)O)C(C)C)C(C)(C)C)C(C)(C)SCc1ccc(OC)cc1. The van der Waals surface area contributed by atoms with Gasteiger partial charge in [0, 0.05) is 23.1 Å². The molecule has 0 aliphatic rings. The highest BCUT2D eigenvalue weighted by Gasteiger charge is 2.41. The molecule has 3 atom stereocenters. The van der Waals surface area contributed by atoms with E-state index in [1.807, 2.05) is 72.7 Å². The van der Waals surface area contributed by atoms with E-state index in [9.17, 15) is 19.5 Å². The predicted octanol–water partition coefficient (Wildman–Crippen LogP) is 4.34. The minimum absolute atomic E-state index is 0.0204.